The van der Waals surface area contributed by atoms with Gasteiger partial charge in [-0.05, 0) is 30.3 Å². The molecule has 0 aliphatic carbocycles. The third-order valence-electron chi connectivity index (χ3n) is 3.85. The van der Waals surface area contributed by atoms with Gasteiger partial charge in [-0.2, -0.15) is 4.31 Å². The van der Waals surface area contributed by atoms with Crippen LogP contribution in [0.3, 0.4) is 0 Å². The first-order valence-electron chi connectivity index (χ1n) is 7.76. The zero-order chi connectivity index (χ0) is 18.9. The zero-order valence-electron chi connectivity index (χ0n) is 13.7. The average molecular weight is 396 g/mol. The number of rotatable bonds is 5. The number of nitrogens with one attached hydrogen (secondary N) is 1. The smallest absolute Gasteiger partial charge is 0.258 e. The SMILES string of the molecule is CCN(Cc1nc2ccccc2c(=O)[nH]1)S(=O)(=O)c1ccc(Cl)cc1F. The van der Waals surface area contributed by atoms with Gasteiger partial charge in [0.25, 0.3) is 5.56 Å². The van der Waals surface area contributed by atoms with E-state index in [9.17, 15) is 17.6 Å². The van der Waals surface area contributed by atoms with Crippen molar-refractivity contribution in [2.75, 3.05) is 6.54 Å². The first-order chi connectivity index (χ1) is 12.3. The summed E-state index contributed by atoms with van der Waals surface area (Å²) in [6.07, 6.45) is 0. The molecule has 0 aliphatic heterocycles. The Morgan fingerprint density at radius 1 is 1.23 bits per heavy atom. The molecule has 136 valence electrons. The molecule has 2 aromatic carbocycles. The Hall–Kier alpha value is -2.29. The van der Waals surface area contributed by atoms with Crippen molar-refractivity contribution in [3.05, 3.63) is 69.5 Å². The molecule has 1 aromatic heterocycles. The Morgan fingerprint density at radius 2 is 1.96 bits per heavy atom. The van der Waals surface area contributed by atoms with E-state index in [0.717, 1.165) is 16.4 Å². The molecular weight excluding hydrogens is 381 g/mol. The van der Waals surface area contributed by atoms with Crippen molar-refractivity contribution in [1.29, 1.82) is 0 Å². The average Bonchev–Trinajstić information content (AvgIpc) is 2.59. The lowest BCUT2D eigenvalue weighted by Crippen LogP contribution is -2.32. The van der Waals surface area contributed by atoms with Crippen molar-refractivity contribution < 1.29 is 12.8 Å². The van der Waals surface area contributed by atoms with Crippen LogP contribution in [0, 0.1) is 5.82 Å². The summed E-state index contributed by atoms with van der Waals surface area (Å²) in [5.74, 6) is -0.760. The summed E-state index contributed by atoms with van der Waals surface area (Å²) in [5, 5.41) is 0.510. The highest BCUT2D eigenvalue weighted by Crippen LogP contribution is 2.23. The number of nitrogens with zero attached hydrogens (tertiary/aromatic N) is 2. The van der Waals surface area contributed by atoms with Gasteiger partial charge in [-0.3, -0.25) is 4.79 Å². The fraction of sp³-hybridized carbons (Fsp3) is 0.176. The topological polar surface area (TPSA) is 83.1 Å². The molecule has 0 aliphatic rings. The predicted molar refractivity (Wildman–Crippen MR) is 97.0 cm³/mol. The number of sulfonamides is 1. The molecule has 0 saturated carbocycles. The summed E-state index contributed by atoms with van der Waals surface area (Å²) in [6.45, 7) is 1.49. The molecule has 0 amide bonds. The van der Waals surface area contributed by atoms with Gasteiger partial charge in [0, 0.05) is 11.6 Å². The van der Waals surface area contributed by atoms with E-state index in [1.165, 1.54) is 6.07 Å². The summed E-state index contributed by atoms with van der Waals surface area (Å²) >= 11 is 5.69. The van der Waals surface area contributed by atoms with Gasteiger partial charge < -0.3 is 4.98 Å². The minimum absolute atomic E-state index is 0.0704. The van der Waals surface area contributed by atoms with Crippen LogP contribution >= 0.6 is 11.6 Å². The summed E-state index contributed by atoms with van der Waals surface area (Å²) in [5.41, 5.74) is 0.0918. The fourth-order valence-corrected chi connectivity index (χ4v) is 4.18. The molecule has 0 fully saturated rings. The van der Waals surface area contributed by atoms with Gasteiger partial charge in [-0.1, -0.05) is 30.7 Å². The highest BCUT2D eigenvalue weighted by molar-refractivity contribution is 7.89. The zero-order valence-corrected chi connectivity index (χ0v) is 15.3. The number of para-hydroxylation sites is 1. The van der Waals surface area contributed by atoms with Crippen LogP contribution in [0.2, 0.25) is 5.02 Å². The Bertz CT molecular complexity index is 1130. The van der Waals surface area contributed by atoms with Gasteiger partial charge >= 0.3 is 0 Å². The third kappa shape index (κ3) is 3.48. The van der Waals surface area contributed by atoms with Gasteiger partial charge in [-0.15, -0.1) is 0 Å². The number of benzene rings is 2. The molecule has 1 N–H and O–H groups in total. The number of halogens is 2. The fourth-order valence-electron chi connectivity index (χ4n) is 2.57. The highest BCUT2D eigenvalue weighted by atomic mass is 35.5. The minimum atomic E-state index is -4.13. The van der Waals surface area contributed by atoms with E-state index in [4.69, 9.17) is 11.6 Å². The Balaban J connectivity index is 2.00. The van der Waals surface area contributed by atoms with E-state index in [2.05, 4.69) is 9.97 Å². The maximum absolute atomic E-state index is 14.1. The van der Waals surface area contributed by atoms with Crippen LogP contribution in [0.4, 0.5) is 4.39 Å². The Kier molecular flexibility index (Phi) is 5.08. The lowest BCUT2D eigenvalue weighted by Gasteiger charge is -2.20. The summed E-state index contributed by atoms with van der Waals surface area (Å²) in [4.78, 5) is 18.5. The van der Waals surface area contributed by atoms with Crippen molar-refractivity contribution >= 4 is 32.5 Å². The second-order valence-corrected chi connectivity index (χ2v) is 7.88. The Morgan fingerprint density at radius 3 is 2.65 bits per heavy atom. The van der Waals surface area contributed by atoms with Crippen molar-refractivity contribution in [2.24, 2.45) is 0 Å². The molecule has 0 radical (unpaired) electrons. The summed E-state index contributed by atoms with van der Waals surface area (Å²) < 4.78 is 40.7. The lowest BCUT2D eigenvalue weighted by molar-refractivity contribution is 0.410. The van der Waals surface area contributed by atoms with Crippen LogP contribution in [0.25, 0.3) is 10.9 Å². The van der Waals surface area contributed by atoms with Gasteiger partial charge in [-0.25, -0.2) is 17.8 Å². The van der Waals surface area contributed by atoms with E-state index >= 15 is 0 Å². The minimum Gasteiger partial charge on any atom is -0.309 e. The second kappa shape index (κ2) is 7.14. The van der Waals surface area contributed by atoms with Crippen LogP contribution in [0.1, 0.15) is 12.7 Å². The normalized spacial score (nSPS) is 12.0. The van der Waals surface area contributed by atoms with E-state index in [1.807, 2.05) is 0 Å². The molecule has 0 saturated heterocycles. The number of H-pyrrole nitrogens is 1. The van der Waals surface area contributed by atoms with Gasteiger partial charge in [0.2, 0.25) is 10.0 Å². The van der Waals surface area contributed by atoms with Crippen LogP contribution in [0.5, 0.6) is 0 Å². The van der Waals surface area contributed by atoms with Crippen molar-refractivity contribution in [2.45, 2.75) is 18.4 Å². The highest BCUT2D eigenvalue weighted by Gasteiger charge is 2.27. The first-order valence-corrected chi connectivity index (χ1v) is 9.58. The number of hydrogen-bond acceptors (Lipinski definition) is 4. The van der Waals surface area contributed by atoms with Crippen LogP contribution in [-0.4, -0.2) is 29.2 Å². The Labute approximate surface area is 154 Å². The molecule has 1 heterocycles. The van der Waals surface area contributed by atoms with E-state index < -0.39 is 20.7 Å². The lowest BCUT2D eigenvalue weighted by atomic mass is 10.2. The standard InChI is InChI=1S/C17H15ClFN3O3S/c1-2-22(26(24,25)15-8-7-11(18)9-13(15)19)10-16-20-14-6-4-3-5-12(14)17(23)21-16/h3-9H,2,10H2,1H3,(H,20,21,23). The molecule has 3 aromatic rings. The van der Waals surface area contributed by atoms with Gasteiger partial charge in [0.15, 0.2) is 0 Å². The number of aromatic amines is 1. The maximum atomic E-state index is 14.1. The maximum Gasteiger partial charge on any atom is 0.258 e. The third-order valence-corrected chi connectivity index (χ3v) is 6.04. The summed E-state index contributed by atoms with van der Waals surface area (Å²) in [7, 11) is -4.13. The number of aromatic nitrogens is 2. The van der Waals surface area contributed by atoms with E-state index in [1.54, 1.807) is 31.2 Å². The summed E-state index contributed by atoms with van der Waals surface area (Å²) in [6, 6.07) is 10.1. The predicted octanol–water partition coefficient (Wildman–Crippen LogP) is 2.93. The van der Waals surface area contributed by atoms with Gasteiger partial charge in [0.1, 0.15) is 16.5 Å². The van der Waals surface area contributed by atoms with Crippen molar-refractivity contribution in [1.82, 2.24) is 14.3 Å². The van der Waals surface area contributed by atoms with E-state index in [-0.39, 0.29) is 29.5 Å². The number of hydrogen-bond donors (Lipinski definition) is 1. The monoisotopic (exact) mass is 395 g/mol. The molecule has 0 atom stereocenters. The van der Waals surface area contributed by atoms with Crippen LogP contribution < -0.4 is 5.56 Å². The molecule has 3 rings (SSSR count). The quantitative estimate of drug-likeness (QED) is 0.720. The largest absolute Gasteiger partial charge is 0.309 e. The van der Waals surface area contributed by atoms with Gasteiger partial charge in [0.05, 0.1) is 17.4 Å². The molecule has 0 spiro atoms. The number of fused-ring (bicyclic) bond motifs is 1. The first kappa shape index (κ1) is 18.5. The molecule has 0 unspecified atom stereocenters. The molecule has 26 heavy (non-hydrogen) atoms. The molecule has 9 heteroatoms. The van der Waals surface area contributed by atoms with Crippen molar-refractivity contribution in [3.63, 3.8) is 0 Å². The van der Waals surface area contributed by atoms with E-state index in [0.29, 0.717) is 10.9 Å². The van der Waals surface area contributed by atoms with Crippen LogP contribution in [-0.2, 0) is 16.6 Å². The second-order valence-electron chi connectivity index (χ2n) is 5.54. The molecular formula is C17H15ClFN3O3S. The molecule has 0 bridgehead atoms. The van der Waals surface area contributed by atoms with Crippen LogP contribution in [0.15, 0.2) is 52.2 Å². The molecule has 6 nitrogen and oxygen atoms in total. The van der Waals surface area contributed by atoms with Crippen molar-refractivity contribution in [3.8, 4) is 0 Å².